The Hall–Kier alpha value is -3.38. The number of nitrogens with one attached hydrogen (secondary N) is 1. The van der Waals surface area contributed by atoms with Crippen LogP contribution in [0, 0.1) is 6.92 Å². The molecule has 1 N–H and O–H groups in total. The van der Waals surface area contributed by atoms with Crippen LogP contribution in [0.15, 0.2) is 76.7 Å². The van der Waals surface area contributed by atoms with Gasteiger partial charge in [-0.15, -0.1) is 11.8 Å². The molecule has 0 saturated heterocycles. The van der Waals surface area contributed by atoms with Gasteiger partial charge in [-0.2, -0.15) is 5.10 Å². The number of aromatic nitrogens is 1. The molecule has 0 aliphatic rings. The molecule has 0 aliphatic heterocycles. The fourth-order valence-corrected chi connectivity index (χ4v) is 4.18. The number of methoxy groups -OCH3 is 1. The fourth-order valence-electron chi connectivity index (χ4n) is 3.26. The lowest BCUT2D eigenvalue weighted by molar-refractivity contribution is -0.118. The van der Waals surface area contributed by atoms with Crippen LogP contribution in [-0.4, -0.2) is 30.0 Å². The van der Waals surface area contributed by atoms with Crippen LogP contribution in [0.2, 0.25) is 0 Å². The SMILES string of the molecule is COc1ccc2nc(C)cc(SCC(=O)NN=Cc3cccc4ccccc34)c2c1. The largest absolute Gasteiger partial charge is 0.497 e. The summed E-state index contributed by atoms with van der Waals surface area (Å²) in [7, 11) is 1.64. The minimum absolute atomic E-state index is 0.165. The Bertz CT molecular complexity index is 1250. The normalized spacial score (nSPS) is 11.3. The Kier molecular flexibility index (Phi) is 5.95. The summed E-state index contributed by atoms with van der Waals surface area (Å²) < 4.78 is 5.32. The molecule has 30 heavy (non-hydrogen) atoms. The van der Waals surface area contributed by atoms with Crippen molar-refractivity contribution >= 4 is 45.6 Å². The second kappa shape index (κ2) is 8.97. The molecule has 0 atom stereocenters. The monoisotopic (exact) mass is 415 g/mol. The van der Waals surface area contributed by atoms with Crippen LogP contribution in [0.1, 0.15) is 11.3 Å². The molecular formula is C24H21N3O2S. The van der Waals surface area contributed by atoms with E-state index in [2.05, 4.69) is 27.6 Å². The van der Waals surface area contributed by atoms with Gasteiger partial charge >= 0.3 is 0 Å². The van der Waals surface area contributed by atoms with Crippen LogP contribution in [0.4, 0.5) is 0 Å². The minimum atomic E-state index is -0.165. The molecule has 0 fully saturated rings. The van der Waals surface area contributed by atoms with E-state index in [0.29, 0.717) is 0 Å². The first kappa shape index (κ1) is 19.9. The van der Waals surface area contributed by atoms with Gasteiger partial charge < -0.3 is 4.74 Å². The number of carbonyl (C=O) groups is 1. The summed E-state index contributed by atoms with van der Waals surface area (Å²) in [5, 5.41) is 7.35. The number of thioether (sulfide) groups is 1. The summed E-state index contributed by atoms with van der Waals surface area (Å²) in [5.74, 6) is 0.851. The lowest BCUT2D eigenvalue weighted by Crippen LogP contribution is -2.19. The summed E-state index contributed by atoms with van der Waals surface area (Å²) >= 11 is 1.46. The second-order valence-electron chi connectivity index (χ2n) is 6.80. The molecule has 4 rings (SSSR count). The van der Waals surface area contributed by atoms with Crippen molar-refractivity contribution in [2.75, 3.05) is 12.9 Å². The molecule has 1 aromatic heterocycles. The van der Waals surface area contributed by atoms with E-state index in [4.69, 9.17) is 4.74 Å². The van der Waals surface area contributed by atoms with Crippen molar-refractivity contribution in [1.82, 2.24) is 10.4 Å². The average molecular weight is 416 g/mol. The summed E-state index contributed by atoms with van der Waals surface area (Å²) in [5.41, 5.74) is 5.37. The Morgan fingerprint density at radius 3 is 2.80 bits per heavy atom. The highest BCUT2D eigenvalue weighted by Crippen LogP contribution is 2.30. The van der Waals surface area contributed by atoms with E-state index in [0.717, 1.165) is 43.6 Å². The van der Waals surface area contributed by atoms with E-state index >= 15 is 0 Å². The summed E-state index contributed by atoms with van der Waals surface area (Å²) in [6.45, 7) is 1.95. The lowest BCUT2D eigenvalue weighted by atomic mass is 10.1. The molecule has 1 amide bonds. The first-order chi connectivity index (χ1) is 14.6. The van der Waals surface area contributed by atoms with Crippen molar-refractivity contribution < 1.29 is 9.53 Å². The van der Waals surface area contributed by atoms with Gasteiger partial charge in [-0.1, -0.05) is 42.5 Å². The molecule has 1 heterocycles. The molecule has 0 aliphatic carbocycles. The smallest absolute Gasteiger partial charge is 0.250 e. The highest BCUT2D eigenvalue weighted by Gasteiger charge is 2.09. The number of hydrazone groups is 1. The third-order valence-corrected chi connectivity index (χ3v) is 5.74. The van der Waals surface area contributed by atoms with Gasteiger partial charge in [0.05, 0.1) is 24.6 Å². The number of benzene rings is 3. The van der Waals surface area contributed by atoms with Crippen LogP contribution in [-0.2, 0) is 4.79 Å². The van der Waals surface area contributed by atoms with Gasteiger partial charge in [0, 0.05) is 21.5 Å². The third kappa shape index (κ3) is 4.44. The zero-order valence-corrected chi connectivity index (χ0v) is 17.6. The molecule has 0 radical (unpaired) electrons. The Morgan fingerprint density at radius 2 is 1.93 bits per heavy atom. The van der Waals surface area contributed by atoms with E-state index in [1.807, 2.05) is 61.5 Å². The third-order valence-electron chi connectivity index (χ3n) is 4.68. The fraction of sp³-hybridized carbons (Fsp3) is 0.125. The number of hydrogen-bond acceptors (Lipinski definition) is 5. The zero-order valence-electron chi connectivity index (χ0n) is 16.8. The Balaban J connectivity index is 1.44. The maximum atomic E-state index is 12.3. The van der Waals surface area contributed by atoms with Crippen molar-refractivity contribution in [3.05, 3.63) is 78.0 Å². The van der Waals surface area contributed by atoms with Gasteiger partial charge in [0.15, 0.2) is 0 Å². The Labute approximate surface area is 179 Å². The molecule has 3 aromatic carbocycles. The molecule has 0 spiro atoms. The maximum absolute atomic E-state index is 12.3. The number of aryl methyl sites for hydroxylation is 1. The van der Waals surface area contributed by atoms with Crippen LogP contribution in [0.5, 0.6) is 5.75 Å². The van der Waals surface area contributed by atoms with Crippen molar-refractivity contribution in [3.63, 3.8) is 0 Å². The molecule has 6 heteroatoms. The van der Waals surface area contributed by atoms with E-state index in [1.165, 1.54) is 11.8 Å². The first-order valence-corrected chi connectivity index (χ1v) is 10.5. The first-order valence-electron chi connectivity index (χ1n) is 9.52. The number of amides is 1. The van der Waals surface area contributed by atoms with Gasteiger partial charge in [0.2, 0.25) is 5.91 Å². The number of fused-ring (bicyclic) bond motifs is 2. The van der Waals surface area contributed by atoms with Crippen molar-refractivity contribution in [3.8, 4) is 5.75 Å². The van der Waals surface area contributed by atoms with E-state index in [-0.39, 0.29) is 11.7 Å². The van der Waals surface area contributed by atoms with Crippen molar-refractivity contribution in [2.24, 2.45) is 5.10 Å². The maximum Gasteiger partial charge on any atom is 0.250 e. The van der Waals surface area contributed by atoms with Gasteiger partial charge in [0.25, 0.3) is 0 Å². The minimum Gasteiger partial charge on any atom is -0.497 e. The number of pyridine rings is 1. The molecule has 0 unspecified atom stereocenters. The quantitative estimate of drug-likeness (QED) is 0.275. The molecule has 4 aromatic rings. The van der Waals surface area contributed by atoms with Gasteiger partial charge in [-0.25, -0.2) is 5.43 Å². The standard InChI is InChI=1S/C24H21N3O2S/c1-16-12-23(21-13-19(29-2)10-11-22(21)26-16)30-15-24(28)27-25-14-18-8-5-7-17-6-3-4-9-20(17)18/h3-14H,15H2,1-2H3,(H,27,28). The number of rotatable bonds is 6. The number of nitrogens with zero attached hydrogens (tertiary/aromatic N) is 2. The van der Waals surface area contributed by atoms with Crippen LogP contribution >= 0.6 is 11.8 Å². The average Bonchev–Trinajstić information content (AvgIpc) is 2.77. The number of hydrogen-bond donors (Lipinski definition) is 1. The van der Waals surface area contributed by atoms with Gasteiger partial charge in [-0.05, 0) is 42.0 Å². The van der Waals surface area contributed by atoms with E-state index in [9.17, 15) is 4.79 Å². The predicted molar refractivity (Wildman–Crippen MR) is 123 cm³/mol. The molecule has 0 bridgehead atoms. The van der Waals surface area contributed by atoms with Crippen molar-refractivity contribution in [2.45, 2.75) is 11.8 Å². The number of carbonyl (C=O) groups excluding carboxylic acids is 1. The molecular weight excluding hydrogens is 394 g/mol. The summed E-state index contributed by atoms with van der Waals surface area (Å²) in [4.78, 5) is 17.9. The highest BCUT2D eigenvalue weighted by molar-refractivity contribution is 8.00. The topological polar surface area (TPSA) is 63.6 Å². The highest BCUT2D eigenvalue weighted by atomic mass is 32.2. The van der Waals surface area contributed by atoms with Crippen LogP contribution in [0.3, 0.4) is 0 Å². The number of ether oxygens (including phenoxy) is 1. The summed E-state index contributed by atoms with van der Waals surface area (Å²) in [6, 6.07) is 21.8. The predicted octanol–water partition coefficient (Wildman–Crippen LogP) is 4.95. The zero-order chi connectivity index (χ0) is 20.9. The van der Waals surface area contributed by atoms with E-state index < -0.39 is 0 Å². The van der Waals surface area contributed by atoms with Gasteiger partial charge in [0.1, 0.15) is 5.75 Å². The van der Waals surface area contributed by atoms with E-state index in [1.54, 1.807) is 13.3 Å². The van der Waals surface area contributed by atoms with Gasteiger partial charge in [-0.3, -0.25) is 9.78 Å². The molecule has 0 saturated carbocycles. The molecule has 150 valence electrons. The van der Waals surface area contributed by atoms with Crippen molar-refractivity contribution in [1.29, 1.82) is 0 Å². The summed E-state index contributed by atoms with van der Waals surface area (Å²) in [6.07, 6.45) is 1.68. The second-order valence-corrected chi connectivity index (χ2v) is 7.81. The lowest BCUT2D eigenvalue weighted by Gasteiger charge is -2.09. The molecule has 5 nitrogen and oxygen atoms in total. The Morgan fingerprint density at radius 1 is 1.10 bits per heavy atom. The van der Waals surface area contributed by atoms with Crippen LogP contribution in [0.25, 0.3) is 21.7 Å². The van der Waals surface area contributed by atoms with Crippen LogP contribution < -0.4 is 10.2 Å².